The van der Waals surface area contributed by atoms with Crippen LogP contribution in [-0.2, 0) is 4.79 Å². The van der Waals surface area contributed by atoms with Crippen molar-refractivity contribution in [3.8, 4) is 5.69 Å². The smallest absolute Gasteiger partial charge is 0.226 e. The molecule has 1 aliphatic rings. The highest BCUT2D eigenvalue weighted by Gasteiger charge is 2.17. The van der Waals surface area contributed by atoms with Crippen molar-refractivity contribution in [2.75, 3.05) is 23.4 Å². The number of hydrogen-bond donors (Lipinski definition) is 2. The molecule has 7 nitrogen and oxygen atoms in total. The summed E-state index contributed by atoms with van der Waals surface area (Å²) in [7, 11) is 0. The second-order valence-electron chi connectivity index (χ2n) is 4.75. The topological polar surface area (TPSA) is 84.7 Å². The van der Waals surface area contributed by atoms with Crippen LogP contribution < -0.4 is 10.6 Å². The summed E-state index contributed by atoms with van der Waals surface area (Å²) in [5.74, 6) is 2.08. The quantitative estimate of drug-likeness (QED) is 0.865. The summed E-state index contributed by atoms with van der Waals surface area (Å²) in [6.07, 6.45) is 1.97. The van der Waals surface area contributed by atoms with Gasteiger partial charge in [0.1, 0.15) is 6.33 Å². The molecule has 0 bridgehead atoms. The van der Waals surface area contributed by atoms with E-state index >= 15 is 0 Å². The summed E-state index contributed by atoms with van der Waals surface area (Å²) >= 11 is 1.88. The number of para-hydroxylation sites is 2. The van der Waals surface area contributed by atoms with Crippen molar-refractivity contribution in [1.29, 1.82) is 0 Å². The van der Waals surface area contributed by atoms with Crippen molar-refractivity contribution in [3.63, 3.8) is 0 Å². The van der Waals surface area contributed by atoms with Crippen molar-refractivity contribution >= 4 is 23.4 Å². The number of nitrogens with zero attached hydrogens (tertiary/aromatic N) is 4. The van der Waals surface area contributed by atoms with Gasteiger partial charge in [0.05, 0.1) is 11.4 Å². The number of carbonyl (C=O) groups excluding carboxylic acids is 1. The molecule has 110 valence electrons. The SMILES string of the molecule is O=C(CC1CSCCN1)Nc1ccccc1-n1cnnn1. The number of tetrazole rings is 1. The molecule has 1 unspecified atom stereocenters. The third-order valence-electron chi connectivity index (χ3n) is 3.20. The predicted molar refractivity (Wildman–Crippen MR) is 81.5 cm³/mol. The van der Waals surface area contributed by atoms with E-state index in [0.29, 0.717) is 12.1 Å². The van der Waals surface area contributed by atoms with Crippen LogP contribution in [0.1, 0.15) is 6.42 Å². The third-order valence-corrected chi connectivity index (χ3v) is 4.34. The van der Waals surface area contributed by atoms with E-state index in [1.54, 1.807) is 0 Å². The molecule has 1 fully saturated rings. The Morgan fingerprint density at radius 3 is 3.14 bits per heavy atom. The Bertz CT molecular complexity index is 596. The number of hydrogen-bond acceptors (Lipinski definition) is 6. The van der Waals surface area contributed by atoms with E-state index in [1.807, 2.05) is 36.0 Å². The maximum atomic E-state index is 12.2. The molecular formula is C13H16N6OS. The Morgan fingerprint density at radius 1 is 1.48 bits per heavy atom. The van der Waals surface area contributed by atoms with Gasteiger partial charge in [-0.15, -0.1) is 5.10 Å². The van der Waals surface area contributed by atoms with Crippen LogP contribution >= 0.6 is 11.8 Å². The highest BCUT2D eigenvalue weighted by atomic mass is 32.2. The van der Waals surface area contributed by atoms with Gasteiger partial charge in [0, 0.05) is 30.5 Å². The molecule has 2 heterocycles. The lowest BCUT2D eigenvalue weighted by atomic mass is 10.2. The van der Waals surface area contributed by atoms with Crippen molar-refractivity contribution < 1.29 is 4.79 Å². The number of nitrogens with one attached hydrogen (secondary N) is 2. The first-order valence-corrected chi connectivity index (χ1v) is 7.92. The summed E-state index contributed by atoms with van der Waals surface area (Å²) in [5.41, 5.74) is 1.46. The van der Waals surface area contributed by atoms with Crippen molar-refractivity contribution in [2.24, 2.45) is 0 Å². The van der Waals surface area contributed by atoms with E-state index in [9.17, 15) is 4.79 Å². The molecule has 21 heavy (non-hydrogen) atoms. The Balaban J connectivity index is 1.68. The lowest BCUT2D eigenvalue weighted by Gasteiger charge is -2.22. The molecule has 1 atom stereocenters. The molecule has 8 heteroatoms. The van der Waals surface area contributed by atoms with E-state index < -0.39 is 0 Å². The van der Waals surface area contributed by atoms with Crippen LogP contribution in [0.4, 0.5) is 5.69 Å². The minimum atomic E-state index is -0.00414. The summed E-state index contributed by atoms with van der Waals surface area (Å²) in [6, 6.07) is 7.70. The first-order chi connectivity index (χ1) is 10.3. The van der Waals surface area contributed by atoms with Crippen LogP contribution in [0.15, 0.2) is 30.6 Å². The van der Waals surface area contributed by atoms with E-state index in [0.717, 1.165) is 23.7 Å². The molecule has 1 aromatic carbocycles. The molecule has 2 N–H and O–H groups in total. The number of anilines is 1. The van der Waals surface area contributed by atoms with Gasteiger partial charge in [-0.3, -0.25) is 4.79 Å². The van der Waals surface area contributed by atoms with Crippen LogP contribution in [0.25, 0.3) is 5.69 Å². The molecule has 0 saturated carbocycles. The Hall–Kier alpha value is -1.93. The van der Waals surface area contributed by atoms with E-state index in [-0.39, 0.29) is 11.9 Å². The molecule has 0 aliphatic carbocycles. The van der Waals surface area contributed by atoms with Crippen molar-refractivity contribution in [3.05, 3.63) is 30.6 Å². The van der Waals surface area contributed by atoms with Crippen LogP contribution in [0, 0.1) is 0 Å². The molecule has 3 rings (SSSR count). The highest BCUT2D eigenvalue weighted by molar-refractivity contribution is 7.99. The van der Waals surface area contributed by atoms with Crippen molar-refractivity contribution in [2.45, 2.75) is 12.5 Å². The standard InChI is InChI=1S/C13H16N6OS/c20-13(7-10-8-21-6-5-14-10)16-11-3-1-2-4-12(11)19-9-15-17-18-19/h1-4,9-10,14H,5-8H2,(H,16,20). The third kappa shape index (κ3) is 3.59. The molecule has 2 aromatic rings. The van der Waals surface area contributed by atoms with Gasteiger partial charge in [-0.1, -0.05) is 12.1 Å². The highest BCUT2D eigenvalue weighted by Crippen LogP contribution is 2.19. The average molecular weight is 304 g/mol. The van der Waals surface area contributed by atoms with Gasteiger partial charge in [-0.25, -0.2) is 0 Å². The van der Waals surface area contributed by atoms with Crippen LogP contribution in [0.3, 0.4) is 0 Å². The molecular weight excluding hydrogens is 288 g/mol. The van der Waals surface area contributed by atoms with Gasteiger partial charge in [0.25, 0.3) is 0 Å². The summed E-state index contributed by atoms with van der Waals surface area (Å²) < 4.78 is 1.53. The lowest BCUT2D eigenvalue weighted by molar-refractivity contribution is -0.116. The number of amides is 1. The fourth-order valence-corrected chi connectivity index (χ4v) is 3.18. The van der Waals surface area contributed by atoms with E-state index in [1.165, 1.54) is 11.0 Å². The van der Waals surface area contributed by atoms with Gasteiger partial charge >= 0.3 is 0 Å². The lowest BCUT2D eigenvalue weighted by Crippen LogP contribution is -2.39. The number of benzene rings is 1. The maximum Gasteiger partial charge on any atom is 0.226 e. The molecule has 1 aliphatic heterocycles. The Kier molecular flexibility index (Phi) is 4.46. The summed E-state index contributed by atoms with van der Waals surface area (Å²) in [5, 5.41) is 17.4. The number of thioether (sulfide) groups is 1. The summed E-state index contributed by atoms with van der Waals surface area (Å²) in [6.45, 7) is 0.962. The maximum absolute atomic E-state index is 12.2. The number of rotatable bonds is 4. The second kappa shape index (κ2) is 6.68. The molecule has 1 amide bonds. The number of carbonyl (C=O) groups is 1. The fourth-order valence-electron chi connectivity index (χ4n) is 2.23. The van der Waals surface area contributed by atoms with Crippen molar-refractivity contribution in [1.82, 2.24) is 25.5 Å². The minimum Gasteiger partial charge on any atom is -0.324 e. The van der Waals surface area contributed by atoms with Gasteiger partial charge in [0.15, 0.2) is 0 Å². The first kappa shape index (κ1) is 14.0. The molecule has 1 saturated heterocycles. The zero-order chi connectivity index (χ0) is 14.5. The van der Waals surface area contributed by atoms with E-state index in [4.69, 9.17) is 0 Å². The molecule has 0 spiro atoms. The van der Waals surface area contributed by atoms with Gasteiger partial charge in [-0.05, 0) is 22.6 Å². The van der Waals surface area contributed by atoms with Crippen LogP contribution in [-0.4, -0.2) is 50.2 Å². The fraction of sp³-hybridized carbons (Fsp3) is 0.385. The average Bonchev–Trinajstić information content (AvgIpc) is 3.03. The monoisotopic (exact) mass is 304 g/mol. The van der Waals surface area contributed by atoms with Crippen LogP contribution in [0.2, 0.25) is 0 Å². The Morgan fingerprint density at radius 2 is 2.38 bits per heavy atom. The van der Waals surface area contributed by atoms with E-state index in [2.05, 4.69) is 26.2 Å². The normalized spacial score (nSPS) is 18.4. The largest absolute Gasteiger partial charge is 0.324 e. The van der Waals surface area contributed by atoms with Gasteiger partial charge in [-0.2, -0.15) is 16.4 Å². The zero-order valence-electron chi connectivity index (χ0n) is 11.4. The van der Waals surface area contributed by atoms with Crippen LogP contribution in [0.5, 0.6) is 0 Å². The second-order valence-corrected chi connectivity index (χ2v) is 5.90. The van der Waals surface area contributed by atoms with Gasteiger partial charge < -0.3 is 10.6 Å². The summed E-state index contributed by atoms with van der Waals surface area (Å²) in [4.78, 5) is 12.2. The Labute approximate surface area is 126 Å². The number of aromatic nitrogens is 4. The zero-order valence-corrected chi connectivity index (χ0v) is 12.2. The van der Waals surface area contributed by atoms with Gasteiger partial charge in [0.2, 0.25) is 5.91 Å². The minimum absolute atomic E-state index is 0.00414. The first-order valence-electron chi connectivity index (χ1n) is 6.76. The molecule has 0 radical (unpaired) electrons. The predicted octanol–water partition coefficient (Wildman–Crippen LogP) is 0.696. The molecule has 1 aromatic heterocycles.